The Morgan fingerprint density at radius 3 is 2.52 bits per heavy atom. The summed E-state index contributed by atoms with van der Waals surface area (Å²) in [6.45, 7) is 8.11. The molecule has 0 radical (unpaired) electrons. The number of amides is 1. The lowest BCUT2D eigenvalue weighted by molar-refractivity contribution is -0.134. The third-order valence-corrected chi connectivity index (χ3v) is 8.52. The monoisotopic (exact) mass is 424 g/mol. The first-order valence-electron chi connectivity index (χ1n) is 10.8. The molecule has 9 heteroatoms. The summed E-state index contributed by atoms with van der Waals surface area (Å²) in [5.74, 6) is 0.686. The lowest BCUT2D eigenvalue weighted by atomic mass is 10.2. The molecule has 162 valence electrons. The van der Waals surface area contributed by atoms with Gasteiger partial charge in [0.15, 0.2) is 5.76 Å². The molecule has 0 bridgehead atoms. The van der Waals surface area contributed by atoms with Crippen molar-refractivity contribution in [3.63, 3.8) is 0 Å². The molecule has 0 aromatic carbocycles. The summed E-state index contributed by atoms with van der Waals surface area (Å²) >= 11 is 0. The molecule has 1 aromatic rings. The van der Waals surface area contributed by atoms with Gasteiger partial charge in [0.1, 0.15) is 10.6 Å². The van der Waals surface area contributed by atoms with E-state index in [1.54, 1.807) is 13.8 Å². The molecule has 1 saturated carbocycles. The Balaban J connectivity index is 1.42. The maximum absolute atomic E-state index is 13.1. The highest BCUT2D eigenvalue weighted by Gasteiger charge is 2.42. The summed E-state index contributed by atoms with van der Waals surface area (Å²) in [5.41, 5.74) is 0.391. The van der Waals surface area contributed by atoms with E-state index in [4.69, 9.17) is 4.52 Å². The van der Waals surface area contributed by atoms with Gasteiger partial charge in [0.2, 0.25) is 15.9 Å². The number of likely N-dealkylation sites (tertiary alicyclic amines) is 1. The average Bonchev–Trinajstić information content (AvgIpc) is 3.06. The van der Waals surface area contributed by atoms with Gasteiger partial charge in [-0.1, -0.05) is 5.16 Å². The van der Waals surface area contributed by atoms with Gasteiger partial charge in [-0.2, -0.15) is 4.31 Å². The van der Waals surface area contributed by atoms with Crippen LogP contribution in [0.25, 0.3) is 0 Å². The van der Waals surface area contributed by atoms with Crippen LogP contribution in [0.2, 0.25) is 0 Å². The second kappa shape index (κ2) is 8.35. The molecule has 8 nitrogen and oxygen atoms in total. The minimum Gasteiger partial charge on any atom is -0.360 e. The number of carbonyl (C=O) groups excluding carboxylic acids is 1. The van der Waals surface area contributed by atoms with Crippen LogP contribution in [0.5, 0.6) is 0 Å². The van der Waals surface area contributed by atoms with E-state index in [-0.39, 0.29) is 22.8 Å². The molecule has 2 saturated heterocycles. The number of nitrogens with zero attached hydrogens (tertiary/aromatic N) is 4. The van der Waals surface area contributed by atoms with Crippen molar-refractivity contribution in [2.75, 3.05) is 39.3 Å². The zero-order chi connectivity index (χ0) is 20.6. The Hall–Kier alpha value is -1.45. The summed E-state index contributed by atoms with van der Waals surface area (Å²) in [6.07, 6.45) is 6.10. The fourth-order valence-electron chi connectivity index (χ4n) is 4.66. The van der Waals surface area contributed by atoms with Crippen molar-refractivity contribution in [1.82, 2.24) is 19.3 Å². The van der Waals surface area contributed by atoms with E-state index in [0.717, 1.165) is 45.4 Å². The molecule has 2 aliphatic heterocycles. The first-order valence-corrected chi connectivity index (χ1v) is 12.3. The SMILES string of the molecule is Cc1noc(C)c1S(=O)(=O)N1CCC(N(CCCN2CCCC2)C(=O)C2CC2)C1. The first-order chi connectivity index (χ1) is 13.9. The molecule has 1 aromatic heterocycles. The van der Waals surface area contributed by atoms with E-state index in [0.29, 0.717) is 31.0 Å². The van der Waals surface area contributed by atoms with E-state index < -0.39 is 10.0 Å². The molecular formula is C20H32N4O4S. The molecule has 3 heterocycles. The second-order valence-corrected chi connectivity index (χ2v) is 10.5. The van der Waals surface area contributed by atoms with Gasteiger partial charge in [0.05, 0.1) is 0 Å². The van der Waals surface area contributed by atoms with E-state index in [2.05, 4.69) is 10.1 Å². The smallest absolute Gasteiger partial charge is 0.248 e. The number of carbonyl (C=O) groups is 1. The average molecular weight is 425 g/mol. The molecule has 1 aliphatic carbocycles. The number of aryl methyl sites for hydroxylation is 2. The van der Waals surface area contributed by atoms with Crippen molar-refractivity contribution in [1.29, 1.82) is 0 Å². The Labute approximate surface area is 173 Å². The van der Waals surface area contributed by atoms with Crippen molar-refractivity contribution in [3.05, 3.63) is 11.5 Å². The molecule has 3 fully saturated rings. The molecule has 29 heavy (non-hydrogen) atoms. The Bertz CT molecular complexity index is 823. The predicted octanol–water partition coefficient (Wildman–Crippen LogP) is 1.78. The molecule has 0 N–H and O–H groups in total. The van der Waals surface area contributed by atoms with Gasteiger partial charge in [-0.05, 0) is 72.0 Å². The van der Waals surface area contributed by atoms with Crippen molar-refractivity contribution >= 4 is 15.9 Å². The molecular weight excluding hydrogens is 392 g/mol. The van der Waals surface area contributed by atoms with Crippen LogP contribution in [-0.2, 0) is 14.8 Å². The van der Waals surface area contributed by atoms with Gasteiger partial charge in [-0.25, -0.2) is 8.42 Å². The summed E-state index contributed by atoms with van der Waals surface area (Å²) in [6, 6.07) is -0.0445. The Morgan fingerprint density at radius 2 is 1.90 bits per heavy atom. The third-order valence-electron chi connectivity index (χ3n) is 6.41. The van der Waals surface area contributed by atoms with Crippen LogP contribution >= 0.6 is 0 Å². The first kappa shape index (κ1) is 20.8. The maximum Gasteiger partial charge on any atom is 0.248 e. The highest BCUT2D eigenvalue weighted by atomic mass is 32.2. The highest BCUT2D eigenvalue weighted by Crippen LogP contribution is 2.34. The van der Waals surface area contributed by atoms with E-state index in [1.165, 1.54) is 17.1 Å². The summed E-state index contributed by atoms with van der Waals surface area (Å²) in [5, 5.41) is 3.80. The lowest BCUT2D eigenvalue weighted by Gasteiger charge is -2.30. The van der Waals surface area contributed by atoms with Crippen LogP contribution in [0.1, 0.15) is 50.0 Å². The van der Waals surface area contributed by atoms with Crippen molar-refractivity contribution in [2.24, 2.45) is 5.92 Å². The minimum absolute atomic E-state index is 0.0445. The van der Waals surface area contributed by atoms with Crippen molar-refractivity contribution in [2.45, 2.75) is 63.3 Å². The van der Waals surface area contributed by atoms with E-state index in [9.17, 15) is 13.2 Å². The van der Waals surface area contributed by atoms with Gasteiger partial charge < -0.3 is 14.3 Å². The van der Waals surface area contributed by atoms with Gasteiger partial charge in [0.25, 0.3) is 0 Å². The van der Waals surface area contributed by atoms with Crippen LogP contribution in [0.3, 0.4) is 0 Å². The molecule has 4 rings (SSSR count). The van der Waals surface area contributed by atoms with Gasteiger partial charge in [0, 0.05) is 31.6 Å². The fourth-order valence-corrected chi connectivity index (χ4v) is 6.45. The predicted molar refractivity (Wildman–Crippen MR) is 108 cm³/mol. The van der Waals surface area contributed by atoms with E-state index >= 15 is 0 Å². The molecule has 0 spiro atoms. The lowest BCUT2D eigenvalue weighted by Crippen LogP contribution is -2.44. The number of hydrogen-bond donors (Lipinski definition) is 0. The Kier molecular flexibility index (Phi) is 5.99. The molecule has 1 amide bonds. The summed E-state index contributed by atoms with van der Waals surface area (Å²) in [4.78, 5) is 17.5. The molecule has 1 unspecified atom stereocenters. The van der Waals surface area contributed by atoms with E-state index in [1.807, 2.05) is 4.90 Å². The summed E-state index contributed by atoms with van der Waals surface area (Å²) < 4.78 is 32.8. The zero-order valence-electron chi connectivity index (χ0n) is 17.5. The van der Waals surface area contributed by atoms with Gasteiger partial charge in [-0.3, -0.25) is 4.79 Å². The third kappa shape index (κ3) is 4.36. The van der Waals surface area contributed by atoms with Crippen LogP contribution in [0, 0.1) is 19.8 Å². The summed E-state index contributed by atoms with van der Waals surface area (Å²) in [7, 11) is -3.66. The largest absolute Gasteiger partial charge is 0.360 e. The quantitative estimate of drug-likeness (QED) is 0.632. The molecule has 1 atom stereocenters. The van der Waals surface area contributed by atoms with Gasteiger partial charge >= 0.3 is 0 Å². The van der Waals surface area contributed by atoms with Crippen molar-refractivity contribution in [3.8, 4) is 0 Å². The van der Waals surface area contributed by atoms with Crippen LogP contribution in [-0.4, -0.2) is 78.9 Å². The number of aromatic nitrogens is 1. The zero-order valence-corrected chi connectivity index (χ0v) is 18.3. The second-order valence-electron chi connectivity index (χ2n) is 8.67. The van der Waals surface area contributed by atoms with Crippen LogP contribution < -0.4 is 0 Å². The maximum atomic E-state index is 13.1. The number of hydrogen-bond acceptors (Lipinski definition) is 6. The van der Waals surface area contributed by atoms with Crippen molar-refractivity contribution < 1.29 is 17.7 Å². The molecule has 3 aliphatic rings. The minimum atomic E-state index is -3.66. The van der Waals surface area contributed by atoms with Crippen LogP contribution in [0.4, 0.5) is 0 Å². The standard InChI is InChI=1S/C20H32N4O4S/c1-15-19(16(2)28-21-15)29(26,27)23-13-8-18(14-23)24(20(25)17-6-7-17)12-5-11-22-9-3-4-10-22/h17-18H,3-14H2,1-2H3. The topological polar surface area (TPSA) is 87.0 Å². The van der Waals surface area contributed by atoms with Crippen LogP contribution in [0.15, 0.2) is 9.42 Å². The number of sulfonamides is 1. The highest BCUT2D eigenvalue weighted by molar-refractivity contribution is 7.89. The number of rotatable bonds is 8. The fraction of sp³-hybridized carbons (Fsp3) is 0.800. The van der Waals surface area contributed by atoms with Gasteiger partial charge in [-0.15, -0.1) is 0 Å². The normalized spacial score (nSPS) is 23.7. The Morgan fingerprint density at radius 1 is 1.17 bits per heavy atom.